The monoisotopic (exact) mass is 153 g/mol. The predicted octanol–water partition coefficient (Wildman–Crippen LogP) is 1.80. The summed E-state index contributed by atoms with van der Waals surface area (Å²) in [5, 5.41) is 11.6. The lowest BCUT2D eigenvalue weighted by Gasteiger charge is -1.99. The number of methoxy groups -OCH3 is 1. The van der Waals surface area contributed by atoms with E-state index in [4.69, 9.17) is 9.84 Å². The van der Waals surface area contributed by atoms with E-state index in [0.29, 0.717) is 5.75 Å². The van der Waals surface area contributed by atoms with Gasteiger partial charge in [0.1, 0.15) is 17.2 Å². The molecule has 11 heavy (non-hydrogen) atoms. The molecule has 0 saturated carbocycles. The van der Waals surface area contributed by atoms with Gasteiger partial charge in [-0.3, -0.25) is 0 Å². The Balaban J connectivity index is 3.11. The van der Waals surface area contributed by atoms with Crippen LogP contribution in [0.15, 0.2) is 23.4 Å². The van der Waals surface area contributed by atoms with Crippen LogP contribution in [0.1, 0.15) is 0 Å². The first-order valence-electron chi connectivity index (χ1n) is 2.97. The zero-order chi connectivity index (χ0) is 8.27. The van der Waals surface area contributed by atoms with E-state index in [1.807, 2.05) is 0 Å². The summed E-state index contributed by atoms with van der Waals surface area (Å²) in [5.74, 6) is 0.388. The zero-order valence-electron chi connectivity index (χ0n) is 5.94. The first-order chi connectivity index (χ1) is 5.26. The highest BCUT2D eigenvalue weighted by molar-refractivity contribution is 5.48. The molecule has 0 radical (unpaired) electrons. The Labute approximate surface area is 63.4 Å². The molecule has 0 atom stereocenters. The lowest BCUT2D eigenvalue weighted by atomic mass is 10.3. The number of rotatable bonds is 2. The van der Waals surface area contributed by atoms with Gasteiger partial charge < -0.3 is 9.84 Å². The molecule has 4 nitrogen and oxygen atoms in total. The Hall–Kier alpha value is -1.58. The second-order valence-electron chi connectivity index (χ2n) is 1.98. The number of hydrogen-bond acceptors (Lipinski definition) is 4. The average Bonchev–Trinajstić information content (AvgIpc) is 2.03. The molecule has 4 heteroatoms. The van der Waals surface area contributed by atoms with E-state index in [1.54, 1.807) is 0 Å². The summed E-state index contributed by atoms with van der Waals surface area (Å²) >= 11 is 0. The first kappa shape index (κ1) is 7.53. The number of ether oxygens (including phenoxy) is 1. The molecule has 0 unspecified atom stereocenters. The molecule has 0 amide bonds. The van der Waals surface area contributed by atoms with Crippen LogP contribution in [0.5, 0.6) is 11.5 Å². The summed E-state index contributed by atoms with van der Waals surface area (Å²) in [6.07, 6.45) is 0. The largest absolute Gasteiger partial charge is 0.508 e. The quantitative estimate of drug-likeness (QED) is 0.659. The molecule has 58 valence electrons. The second-order valence-corrected chi connectivity index (χ2v) is 1.98. The highest BCUT2D eigenvalue weighted by Gasteiger charge is 1.98. The van der Waals surface area contributed by atoms with Crippen molar-refractivity contribution in [2.45, 2.75) is 0 Å². The highest BCUT2D eigenvalue weighted by Crippen LogP contribution is 2.26. The molecule has 0 aliphatic rings. The van der Waals surface area contributed by atoms with E-state index in [0.717, 1.165) is 0 Å². The minimum atomic E-state index is -0.0287. The summed E-state index contributed by atoms with van der Waals surface area (Å²) in [7, 11) is 1.45. The van der Waals surface area contributed by atoms with Crippen molar-refractivity contribution in [2.75, 3.05) is 7.11 Å². The molecule has 1 aromatic rings. The molecule has 0 aliphatic heterocycles. The highest BCUT2D eigenvalue weighted by atomic mass is 16.5. The van der Waals surface area contributed by atoms with Gasteiger partial charge in [0.2, 0.25) is 0 Å². The predicted molar refractivity (Wildman–Crippen MR) is 40.1 cm³/mol. The molecule has 0 spiro atoms. The van der Waals surface area contributed by atoms with Gasteiger partial charge in [0.15, 0.2) is 0 Å². The third kappa shape index (κ3) is 1.67. The molecule has 0 aromatic heterocycles. The maximum Gasteiger partial charge on any atom is 0.124 e. The van der Waals surface area contributed by atoms with Gasteiger partial charge in [0.05, 0.1) is 7.11 Å². The van der Waals surface area contributed by atoms with E-state index >= 15 is 0 Å². The SMILES string of the molecule is COc1cc(O)cc(N=O)c1. The van der Waals surface area contributed by atoms with Gasteiger partial charge in [-0.2, -0.15) is 0 Å². The molecule has 0 heterocycles. The molecule has 1 rings (SSSR count). The van der Waals surface area contributed by atoms with Crippen LogP contribution < -0.4 is 4.74 Å². The standard InChI is InChI=1S/C7H7NO3/c1-11-7-3-5(8-10)2-6(9)4-7/h2-4,9H,1H3. The van der Waals surface area contributed by atoms with Crippen LogP contribution in [0.4, 0.5) is 5.69 Å². The van der Waals surface area contributed by atoms with Gasteiger partial charge in [-0.05, 0) is 5.18 Å². The van der Waals surface area contributed by atoms with Crippen molar-refractivity contribution in [3.05, 3.63) is 23.1 Å². The Bertz CT molecular complexity index is 272. The number of phenolic OH excluding ortho intramolecular Hbond substituents is 1. The van der Waals surface area contributed by atoms with Crippen LogP contribution in [0.25, 0.3) is 0 Å². The van der Waals surface area contributed by atoms with E-state index in [2.05, 4.69) is 5.18 Å². The van der Waals surface area contributed by atoms with Crippen molar-refractivity contribution >= 4 is 5.69 Å². The minimum Gasteiger partial charge on any atom is -0.508 e. The normalized spacial score (nSPS) is 9.18. The summed E-state index contributed by atoms with van der Waals surface area (Å²) in [6, 6.07) is 4.09. The molecular weight excluding hydrogens is 146 g/mol. The van der Waals surface area contributed by atoms with Gasteiger partial charge in [-0.1, -0.05) is 0 Å². The third-order valence-electron chi connectivity index (χ3n) is 1.22. The molecule has 0 aliphatic carbocycles. The summed E-state index contributed by atoms with van der Waals surface area (Å²) in [5.41, 5.74) is 0.154. The Morgan fingerprint density at radius 1 is 1.45 bits per heavy atom. The van der Waals surface area contributed by atoms with Gasteiger partial charge in [-0.25, -0.2) is 0 Å². The van der Waals surface area contributed by atoms with Crippen LogP contribution in [-0.2, 0) is 0 Å². The van der Waals surface area contributed by atoms with E-state index < -0.39 is 0 Å². The number of hydrogen-bond donors (Lipinski definition) is 1. The fourth-order valence-electron chi connectivity index (χ4n) is 0.739. The number of nitroso groups, excluding NO2 is 1. The summed E-state index contributed by atoms with van der Waals surface area (Å²) < 4.78 is 4.78. The van der Waals surface area contributed by atoms with Crippen LogP contribution >= 0.6 is 0 Å². The molecular formula is C7H7NO3. The molecule has 1 N–H and O–H groups in total. The maximum absolute atomic E-state index is 10.0. The number of benzene rings is 1. The van der Waals surface area contributed by atoms with Crippen LogP contribution in [0, 0.1) is 4.91 Å². The Morgan fingerprint density at radius 3 is 2.73 bits per heavy atom. The van der Waals surface area contributed by atoms with E-state index in [9.17, 15) is 4.91 Å². The molecule has 0 fully saturated rings. The van der Waals surface area contributed by atoms with E-state index in [-0.39, 0.29) is 11.4 Å². The maximum atomic E-state index is 10.0. The van der Waals surface area contributed by atoms with Crippen LogP contribution in [0.2, 0.25) is 0 Å². The molecule has 0 saturated heterocycles. The lowest BCUT2D eigenvalue weighted by molar-refractivity contribution is 0.408. The zero-order valence-corrected chi connectivity index (χ0v) is 5.94. The topological polar surface area (TPSA) is 58.9 Å². The van der Waals surface area contributed by atoms with Crippen molar-refractivity contribution in [2.24, 2.45) is 5.18 Å². The number of phenols is 1. The molecule has 0 bridgehead atoms. The number of nitrogens with zero attached hydrogens (tertiary/aromatic N) is 1. The minimum absolute atomic E-state index is 0.0287. The van der Waals surface area contributed by atoms with Crippen LogP contribution in [-0.4, -0.2) is 12.2 Å². The van der Waals surface area contributed by atoms with Gasteiger partial charge in [0.25, 0.3) is 0 Å². The first-order valence-corrected chi connectivity index (χ1v) is 2.97. The summed E-state index contributed by atoms with van der Waals surface area (Å²) in [4.78, 5) is 10.0. The van der Waals surface area contributed by atoms with Crippen molar-refractivity contribution in [1.82, 2.24) is 0 Å². The Morgan fingerprint density at radius 2 is 2.18 bits per heavy atom. The fraction of sp³-hybridized carbons (Fsp3) is 0.143. The van der Waals surface area contributed by atoms with Crippen LogP contribution in [0.3, 0.4) is 0 Å². The smallest absolute Gasteiger partial charge is 0.124 e. The average molecular weight is 153 g/mol. The van der Waals surface area contributed by atoms with Gasteiger partial charge in [0, 0.05) is 18.2 Å². The van der Waals surface area contributed by atoms with Crippen molar-refractivity contribution in [3.63, 3.8) is 0 Å². The van der Waals surface area contributed by atoms with Crippen molar-refractivity contribution in [3.8, 4) is 11.5 Å². The third-order valence-corrected chi connectivity index (χ3v) is 1.22. The fourth-order valence-corrected chi connectivity index (χ4v) is 0.739. The van der Waals surface area contributed by atoms with E-state index in [1.165, 1.54) is 25.3 Å². The number of aromatic hydroxyl groups is 1. The second kappa shape index (κ2) is 3.01. The Kier molecular flexibility index (Phi) is 2.06. The molecule has 1 aromatic carbocycles. The van der Waals surface area contributed by atoms with Crippen molar-refractivity contribution in [1.29, 1.82) is 0 Å². The summed E-state index contributed by atoms with van der Waals surface area (Å²) in [6.45, 7) is 0. The van der Waals surface area contributed by atoms with Crippen molar-refractivity contribution < 1.29 is 9.84 Å². The van der Waals surface area contributed by atoms with Gasteiger partial charge >= 0.3 is 0 Å². The lowest BCUT2D eigenvalue weighted by Crippen LogP contribution is -1.80. The van der Waals surface area contributed by atoms with Gasteiger partial charge in [-0.15, -0.1) is 4.91 Å².